The van der Waals surface area contributed by atoms with Crippen molar-refractivity contribution < 1.29 is 4.79 Å². The van der Waals surface area contributed by atoms with Gasteiger partial charge in [-0.2, -0.15) is 0 Å². The number of benzene rings is 2. The van der Waals surface area contributed by atoms with Gasteiger partial charge in [-0.05, 0) is 29.3 Å². The molecule has 0 saturated carbocycles. The smallest absolute Gasteiger partial charge is 0.238 e. The van der Waals surface area contributed by atoms with E-state index < -0.39 is 0 Å². The molecule has 1 aliphatic heterocycles. The zero-order chi connectivity index (χ0) is 13.2. The van der Waals surface area contributed by atoms with Crippen molar-refractivity contribution >= 4 is 27.5 Å². The molecule has 4 heteroatoms. The molecule has 2 aromatic carbocycles. The highest BCUT2D eigenvalue weighted by atomic mass is 79.9. The Bertz CT molecular complexity index is 613. The summed E-state index contributed by atoms with van der Waals surface area (Å²) in [6, 6.07) is 16.1. The molecule has 0 unspecified atom stereocenters. The van der Waals surface area contributed by atoms with E-state index in [0.29, 0.717) is 6.54 Å². The maximum absolute atomic E-state index is 11.7. The number of hydrogen-bond donors (Lipinski definition) is 2. The molecule has 0 fully saturated rings. The highest BCUT2D eigenvalue weighted by Gasteiger charge is 2.22. The van der Waals surface area contributed by atoms with Crippen molar-refractivity contribution in [2.45, 2.75) is 6.04 Å². The molecule has 1 aliphatic rings. The summed E-state index contributed by atoms with van der Waals surface area (Å²) in [5, 5.41) is 6.23. The minimum absolute atomic E-state index is 0.0120. The Morgan fingerprint density at radius 2 is 1.89 bits per heavy atom. The van der Waals surface area contributed by atoms with Gasteiger partial charge in [0.2, 0.25) is 5.91 Å². The van der Waals surface area contributed by atoms with E-state index in [9.17, 15) is 4.79 Å². The molecule has 19 heavy (non-hydrogen) atoms. The summed E-state index contributed by atoms with van der Waals surface area (Å²) < 4.78 is 1.00. The van der Waals surface area contributed by atoms with E-state index >= 15 is 0 Å². The third kappa shape index (κ3) is 2.55. The van der Waals surface area contributed by atoms with Gasteiger partial charge >= 0.3 is 0 Å². The summed E-state index contributed by atoms with van der Waals surface area (Å²) in [5.74, 6) is -0.0120. The average molecular weight is 317 g/mol. The predicted octanol–water partition coefficient (Wildman–Crippen LogP) is 3.08. The van der Waals surface area contributed by atoms with Gasteiger partial charge in [0, 0.05) is 10.2 Å². The van der Waals surface area contributed by atoms with Crippen LogP contribution in [-0.4, -0.2) is 12.5 Å². The molecule has 0 bridgehead atoms. The zero-order valence-electron chi connectivity index (χ0n) is 10.2. The van der Waals surface area contributed by atoms with Crippen molar-refractivity contribution in [1.82, 2.24) is 5.32 Å². The van der Waals surface area contributed by atoms with Crippen LogP contribution in [0.15, 0.2) is 53.0 Å². The Morgan fingerprint density at radius 3 is 2.68 bits per heavy atom. The lowest BCUT2D eigenvalue weighted by Crippen LogP contribution is -2.27. The molecule has 96 valence electrons. The summed E-state index contributed by atoms with van der Waals surface area (Å²) in [6.45, 7) is 0.311. The van der Waals surface area contributed by atoms with Gasteiger partial charge in [0.15, 0.2) is 0 Å². The van der Waals surface area contributed by atoms with Crippen LogP contribution >= 0.6 is 15.9 Å². The second-order valence-electron chi connectivity index (χ2n) is 4.50. The number of carbonyl (C=O) groups is 1. The Hall–Kier alpha value is -1.65. The van der Waals surface area contributed by atoms with Crippen molar-refractivity contribution in [3.8, 4) is 0 Å². The Morgan fingerprint density at radius 1 is 1.11 bits per heavy atom. The van der Waals surface area contributed by atoms with Gasteiger partial charge in [0.25, 0.3) is 0 Å². The largest absolute Gasteiger partial charge is 0.325 e. The minimum Gasteiger partial charge on any atom is -0.325 e. The van der Waals surface area contributed by atoms with Gasteiger partial charge in [0.05, 0.1) is 12.6 Å². The molecule has 3 nitrogen and oxygen atoms in total. The number of rotatable bonds is 1. The van der Waals surface area contributed by atoms with Crippen molar-refractivity contribution in [2.75, 3.05) is 11.9 Å². The summed E-state index contributed by atoms with van der Waals surface area (Å²) in [4.78, 5) is 11.7. The van der Waals surface area contributed by atoms with Gasteiger partial charge < -0.3 is 5.32 Å². The number of hydrogen-bond acceptors (Lipinski definition) is 2. The number of carbonyl (C=O) groups excluding carboxylic acids is 1. The summed E-state index contributed by atoms with van der Waals surface area (Å²) in [5.41, 5.74) is 3.09. The third-order valence-electron chi connectivity index (χ3n) is 3.20. The van der Waals surface area contributed by atoms with Crippen molar-refractivity contribution in [2.24, 2.45) is 0 Å². The molecular formula is C15H13BrN2O. The van der Waals surface area contributed by atoms with E-state index in [0.717, 1.165) is 21.3 Å². The minimum atomic E-state index is -0.0120. The van der Waals surface area contributed by atoms with Gasteiger partial charge in [0.1, 0.15) is 0 Å². The van der Waals surface area contributed by atoms with E-state index in [1.807, 2.05) is 36.4 Å². The number of fused-ring (bicyclic) bond motifs is 1. The van der Waals surface area contributed by atoms with Crippen LogP contribution in [0.2, 0.25) is 0 Å². The first kappa shape index (κ1) is 12.4. The van der Waals surface area contributed by atoms with Crippen LogP contribution < -0.4 is 10.6 Å². The monoisotopic (exact) mass is 316 g/mol. The van der Waals surface area contributed by atoms with Crippen LogP contribution in [0.4, 0.5) is 5.69 Å². The number of halogens is 1. The number of amides is 1. The van der Waals surface area contributed by atoms with Gasteiger partial charge in [-0.3, -0.25) is 10.1 Å². The number of nitrogens with one attached hydrogen (secondary N) is 2. The Labute approximate surface area is 120 Å². The van der Waals surface area contributed by atoms with E-state index in [-0.39, 0.29) is 11.9 Å². The predicted molar refractivity (Wildman–Crippen MR) is 79.1 cm³/mol. The first-order valence-corrected chi connectivity index (χ1v) is 6.91. The molecule has 1 heterocycles. The van der Waals surface area contributed by atoms with Crippen LogP contribution in [0, 0.1) is 0 Å². The lowest BCUT2D eigenvalue weighted by Gasteiger charge is -2.18. The summed E-state index contributed by atoms with van der Waals surface area (Å²) >= 11 is 3.49. The first-order valence-electron chi connectivity index (χ1n) is 6.11. The second kappa shape index (κ2) is 5.15. The fourth-order valence-corrected chi connectivity index (χ4v) is 2.71. The molecule has 0 aliphatic carbocycles. The normalized spacial score (nSPS) is 18.4. The van der Waals surface area contributed by atoms with Gasteiger partial charge in [-0.1, -0.05) is 46.3 Å². The third-order valence-corrected chi connectivity index (χ3v) is 3.69. The quantitative estimate of drug-likeness (QED) is 0.849. The molecule has 2 N–H and O–H groups in total. The average Bonchev–Trinajstić information content (AvgIpc) is 2.58. The van der Waals surface area contributed by atoms with Crippen LogP contribution in [0.25, 0.3) is 0 Å². The van der Waals surface area contributed by atoms with E-state index in [1.54, 1.807) is 0 Å². The molecule has 0 saturated heterocycles. The number of anilines is 1. The Kier molecular flexibility index (Phi) is 3.36. The lowest BCUT2D eigenvalue weighted by atomic mass is 9.97. The standard InChI is InChI=1S/C15H13BrN2O/c16-11-6-7-13-12(8-11)15(17-9-14(19)18-13)10-4-2-1-3-5-10/h1-8,15,17H,9H2,(H,18,19)/t15-/m1/s1. The molecule has 0 spiro atoms. The fourth-order valence-electron chi connectivity index (χ4n) is 2.33. The Balaban J connectivity index is 2.11. The van der Waals surface area contributed by atoms with Crippen LogP contribution in [-0.2, 0) is 4.79 Å². The lowest BCUT2D eigenvalue weighted by molar-refractivity contribution is -0.115. The second-order valence-corrected chi connectivity index (χ2v) is 5.42. The van der Waals surface area contributed by atoms with Gasteiger partial charge in [-0.15, -0.1) is 0 Å². The molecule has 1 atom stereocenters. The maximum atomic E-state index is 11.7. The topological polar surface area (TPSA) is 41.1 Å². The maximum Gasteiger partial charge on any atom is 0.238 e. The highest BCUT2D eigenvalue weighted by Crippen LogP contribution is 2.32. The first-order chi connectivity index (χ1) is 9.24. The molecule has 1 amide bonds. The zero-order valence-corrected chi connectivity index (χ0v) is 11.8. The van der Waals surface area contributed by atoms with Gasteiger partial charge in [-0.25, -0.2) is 0 Å². The SMILES string of the molecule is O=C1CN[C@H](c2ccccc2)c2cc(Br)ccc2N1. The summed E-state index contributed by atoms with van der Waals surface area (Å²) in [7, 11) is 0. The van der Waals surface area contributed by atoms with Crippen molar-refractivity contribution in [3.63, 3.8) is 0 Å². The van der Waals surface area contributed by atoms with Crippen LogP contribution in [0.1, 0.15) is 17.2 Å². The molecule has 0 aromatic heterocycles. The molecule has 2 aromatic rings. The molecular weight excluding hydrogens is 304 g/mol. The van der Waals surface area contributed by atoms with Crippen molar-refractivity contribution in [1.29, 1.82) is 0 Å². The van der Waals surface area contributed by atoms with Crippen molar-refractivity contribution in [3.05, 3.63) is 64.1 Å². The molecule has 0 radical (unpaired) electrons. The summed E-state index contributed by atoms with van der Waals surface area (Å²) in [6.07, 6.45) is 0. The molecule has 3 rings (SSSR count). The highest BCUT2D eigenvalue weighted by molar-refractivity contribution is 9.10. The van der Waals surface area contributed by atoms with E-state index in [2.05, 4.69) is 38.7 Å². The van der Waals surface area contributed by atoms with Crippen LogP contribution in [0.5, 0.6) is 0 Å². The van der Waals surface area contributed by atoms with E-state index in [1.165, 1.54) is 0 Å². The van der Waals surface area contributed by atoms with E-state index in [4.69, 9.17) is 0 Å². The van der Waals surface area contributed by atoms with Crippen LogP contribution in [0.3, 0.4) is 0 Å². The fraction of sp³-hybridized carbons (Fsp3) is 0.133.